The van der Waals surface area contributed by atoms with Gasteiger partial charge in [-0.25, -0.2) is 4.79 Å². The number of benzene rings is 1. The van der Waals surface area contributed by atoms with Gasteiger partial charge in [-0.3, -0.25) is 0 Å². The van der Waals surface area contributed by atoms with E-state index >= 15 is 0 Å². The lowest BCUT2D eigenvalue weighted by molar-refractivity contribution is 0.0223. The number of amides is 1. The third kappa shape index (κ3) is 3.41. The zero-order valence-electron chi connectivity index (χ0n) is 11.4. The molecule has 19 heavy (non-hydrogen) atoms. The molecule has 0 radical (unpaired) electrons. The van der Waals surface area contributed by atoms with Gasteiger partial charge in [0.2, 0.25) is 0 Å². The van der Waals surface area contributed by atoms with Crippen molar-refractivity contribution in [1.82, 2.24) is 4.90 Å². The van der Waals surface area contributed by atoms with E-state index in [9.17, 15) is 9.90 Å². The maximum absolute atomic E-state index is 12.0. The number of aromatic hydroxyl groups is 1. The molecule has 1 heterocycles. The Morgan fingerprint density at radius 3 is 2.74 bits per heavy atom. The van der Waals surface area contributed by atoms with Gasteiger partial charge in [-0.15, -0.1) is 0 Å². The molecule has 0 saturated heterocycles. The van der Waals surface area contributed by atoms with Gasteiger partial charge in [0.25, 0.3) is 0 Å². The molecule has 0 bridgehead atoms. The number of hydrogen-bond donors (Lipinski definition) is 1. The van der Waals surface area contributed by atoms with Crippen LogP contribution < -0.4 is 0 Å². The highest BCUT2D eigenvalue weighted by Crippen LogP contribution is 2.31. The van der Waals surface area contributed by atoms with Crippen LogP contribution in [0.15, 0.2) is 16.6 Å². The molecular formula is C14H18BrNO3. The molecule has 0 atom stereocenters. The van der Waals surface area contributed by atoms with Crippen molar-refractivity contribution >= 4 is 22.0 Å². The molecule has 0 fully saturated rings. The summed E-state index contributed by atoms with van der Waals surface area (Å²) in [6.07, 6.45) is 0.430. The maximum Gasteiger partial charge on any atom is 0.410 e. The van der Waals surface area contributed by atoms with Gasteiger partial charge in [0, 0.05) is 11.0 Å². The summed E-state index contributed by atoms with van der Waals surface area (Å²) in [5.41, 5.74) is 1.63. The van der Waals surface area contributed by atoms with Crippen LogP contribution in [-0.4, -0.2) is 28.2 Å². The quantitative estimate of drug-likeness (QED) is 0.794. The Kier molecular flexibility index (Phi) is 3.76. The molecule has 0 saturated carbocycles. The van der Waals surface area contributed by atoms with Gasteiger partial charge in [0.15, 0.2) is 0 Å². The zero-order valence-corrected chi connectivity index (χ0v) is 13.0. The summed E-state index contributed by atoms with van der Waals surface area (Å²) >= 11 is 3.43. The van der Waals surface area contributed by atoms with Gasteiger partial charge in [0.05, 0.1) is 6.54 Å². The lowest BCUT2D eigenvalue weighted by Crippen LogP contribution is -2.40. The first kappa shape index (κ1) is 14.2. The van der Waals surface area contributed by atoms with Crippen molar-refractivity contribution in [1.29, 1.82) is 0 Å². The van der Waals surface area contributed by atoms with Crippen LogP contribution in [-0.2, 0) is 17.7 Å². The maximum atomic E-state index is 12.0. The van der Waals surface area contributed by atoms with Gasteiger partial charge >= 0.3 is 6.09 Å². The molecule has 104 valence electrons. The van der Waals surface area contributed by atoms with E-state index in [0.717, 1.165) is 22.0 Å². The monoisotopic (exact) mass is 327 g/mol. The second-order valence-electron chi connectivity index (χ2n) is 5.72. The molecule has 1 aliphatic heterocycles. The van der Waals surface area contributed by atoms with E-state index in [1.807, 2.05) is 20.8 Å². The molecule has 1 aliphatic rings. The Hall–Kier alpha value is -1.23. The number of phenols is 1. The Morgan fingerprint density at radius 1 is 1.42 bits per heavy atom. The Bertz CT molecular complexity index is 508. The number of rotatable bonds is 0. The highest BCUT2D eigenvalue weighted by atomic mass is 79.9. The fourth-order valence-corrected chi connectivity index (χ4v) is 2.70. The molecule has 2 rings (SSSR count). The fraction of sp³-hybridized carbons (Fsp3) is 0.500. The molecule has 0 spiro atoms. The van der Waals surface area contributed by atoms with Crippen molar-refractivity contribution < 1.29 is 14.6 Å². The van der Waals surface area contributed by atoms with Crippen LogP contribution >= 0.6 is 15.9 Å². The molecule has 5 heteroatoms. The fourth-order valence-electron chi connectivity index (χ4n) is 2.09. The van der Waals surface area contributed by atoms with Crippen molar-refractivity contribution in [3.8, 4) is 5.75 Å². The summed E-state index contributed by atoms with van der Waals surface area (Å²) in [5, 5.41) is 9.56. The summed E-state index contributed by atoms with van der Waals surface area (Å²) < 4.78 is 6.21. The van der Waals surface area contributed by atoms with Crippen LogP contribution in [0.1, 0.15) is 31.9 Å². The van der Waals surface area contributed by atoms with Crippen molar-refractivity contribution in [2.45, 2.75) is 39.3 Å². The van der Waals surface area contributed by atoms with E-state index in [4.69, 9.17) is 4.74 Å². The SMILES string of the molecule is CC(C)(C)OC(=O)N1CCc2cc(O)cc(Br)c2C1. The van der Waals surface area contributed by atoms with E-state index in [2.05, 4.69) is 15.9 Å². The molecule has 0 aromatic heterocycles. The normalized spacial score (nSPS) is 15.1. The third-order valence-corrected chi connectivity index (χ3v) is 3.63. The first-order chi connectivity index (χ1) is 8.76. The molecule has 1 N–H and O–H groups in total. The van der Waals surface area contributed by atoms with Crippen molar-refractivity contribution in [2.75, 3.05) is 6.54 Å². The minimum atomic E-state index is -0.483. The second-order valence-corrected chi connectivity index (χ2v) is 6.57. The number of nitrogens with zero attached hydrogens (tertiary/aromatic N) is 1. The van der Waals surface area contributed by atoms with Crippen LogP contribution in [0.25, 0.3) is 0 Å². The number of halogens is 1. The minimum Gasteiger partial charge on any atom is -0.508 e. The lowest BCUT2D eigenvalue weighted by Gasteiger charge is -2.31. The molecule has 0 aliphatic carbocycles. The second kappa shape index (κ2) is 5.04. The van der Waals surface area contributed by atoms with Crippen LogP contribution in [0.4, 0.5) is 4.79 Å². The molecule has 1 aromatic rings. The first-order valence-electron chi connectivity index (χ1n) is 6.24. The summed E-state index contributed by atoms with van der Waals surface area (Å²) in [5.74, 6) is 0.247. The number of carbonyl (C=O) groups excluding carboxylic acids is 1. The standard InChI is InChI=1S/C14H18BrNO3/c1-14(2,3)19-13(18)16-5-4-9-6-10(17)7-12(15)11(9)8-16/h6-7,17H,4-5,8H2,1-3H3. The lowest BCUT2D eigenvalue weighted by atomic mass is 10.00. The Labute approximate surface area is 121 Å². The average molecular weight is 328 g/mol. The number of carbonyl (C=O) groups is 1. The van der Waals surface area contributed by atoms with Crippen LogP contribution in [0.3, 0.4) is 0 Å². The van der Waals surface area contributed by atoms with Crippen molar-refractivity contribution in [3.63, 3.8) is 0 Å². The Balaban J connectivity index is 2.16. The topological polar surface area (TPSA) is 49.8 Å². The van der Waals surface area contributed by atoms with E-state index in [-0.39, 0.29) is 11.8 Å². The van der Waals surface area contributed by atoms with E-state index in [1.54, 1.807) is 17.0 Å². The predicted molar refractivity (Wildman–Crippen MR) is 76.2 cm³/mol. The average Bonchev–Trinajstić information content (AvgIpc) is 2.25. The number of fused-ring (bicyclic) bond motifs is 1. The van der Waals surface area contributed by atoms with E-state index in [1.165, 1.54) is 0 Å². The summed E-state index contributed by atoms with van der Waals surface area (Å²) in [4.78, 5) is 13.7. The summed E-state index contributed by atoms with van der Waals surface area (Å²) in [7, 11) is 0. The first-order valence-corrected chi connectivity index (χ1v) is 7.04. The molecule has 4 nitrogen and oxygen atoms in total. The van der Waals surface area contributed by atoms with E-state index < -0.39 is 5.60 Å². The molecule has 0 unspecified atom stereocenters. The highest BCUT2D eigenvalue weighted by Gasteiger charge is 2.26. The van der Waals surface area contributed by atoms with Gasteiger partial charge in [-0.1, -0.05) is 15.9 Å². The van der Waals surface area contributed by atoms with Crippen LogP contribution in [0.5, 0.6) is 5.75 Å². The zero-order chi connectivity index (χ0) is 14.2. The number of hydrogen-bond acceptors (Lipinski definition) is 3. The van der Waals surface area contributed by atoms with Crippen LogP contribution in [0.2, 0.25) is 0 Å². The highest BCUT2D eigenvalue weighted by molar-refractivity contribution is 9.10. The van der Waals surface area contributed by atoms with Crippen molar-refractivity contribution in [3.05, 3.63) is 27.7 Å². The number of ether oxygens (including phenoxy) is 1. The number of phenolic OH excluding ortho intramolecular Hbond substituents is 1. The van der Waals surface area contributed by atoms with Gasteiger partial charge in [0.1, 0.15) is 11.4 Å². The molecule has 1 amide bonds. The molecule has 1 aromatic carbocycles. The van der Waals surface area contributed by atoms with Gasteiger partial charge in [-0.05, 0) is 50.5 Å². The smallest absolute Gasteiger partial charge is 0.410 e. The van der Waals surface area contributed by atoms with Crippen LogP contribution in [0, 0.1) is 0 Å². The summed E-state index contributed by atoms with van der Waals surface area (Å²) in [6, 6.07) is 3.41. The van der Waals surface area contributed by atoms with Crippen molar-refractivity contribution in [2.24, 2.45) is 0 Å². The Morgan fingerprint density at radius 2 is 2.11 bits per heavy atom. The van der Waals surface area contributed by atoms with Gasteiger partial charge < -0.3 is 14.7 Å². The predicted octanol–water partition coefficient (Wildman–Crippen LogP) is 3.45. The van der Waals surface area contributed by atoms with E-state index in [0.29, 0.717) is 13.1 Å². The molecular weight excluding hydrogens is 310 g/mol. The minimum absolute atomic E-state index is 0.247. The summed E-state index contributed by atoms with van der Waals surface area (Å²) in [6.45, 7) is 6.69. The largest absolute Gasteiger partial charge is 0.508 e. The van der Waals surface area contributed by atoms with Gasteiger partial charge in [-0.2, -0.15) is 0 Å². The third-order valence-electron chi connectivity index (χ3n) is 2.92.